The molecule has 2 saturated heterocycles. The first-order chi connectivity index (χ1) is 11.2. The van der Waals surface area contributed by atoms with Crippen LogP contribution in [0, 0.1) is 5.82 Å². The van der Waals surface area contributed by atoms with Crippen molar-refractivity contribution in [1.82, 2.24) is 15.1 Å². The molecule has 1 amide bonds. The molecule has 1 aromatic carbocycles. The summed E-state index contributed by atoms with van der Waals surface area (Å²) in [5.74, 6) is 0.0925. The summed E-state index contributed by atoms with van der Waals surface area (Å²) < 4.78 is 13.0. The Labute approximate surface area is 162 Å². The molecule has 0 aliphatic carbocycles. The minimum Gasteiger partial charge on any atom is -0.341 e. The van der Waals surface area contributed by atoms with Gasteiger partial charge in [-0.25, -0.2) is 4.39 Å². The van der Waals surface area contributed by atoms with Crippen molar-refractivity contribution in [3.8, 4) is 0 Å². The van der Waals surface area contributed by atoms with Gasteiger partial charge in [-0.2, -0.15) is 0 Å². The smallest absolute Gasteiger partial charge is 0.224 e. The van der Waals surface area contributed by atoms with E-state index < -0.39 is 0 Å². The van der Waals surface area contributed by atoms with Gasteiger partial charge >= 0.3 is 0 Å². The summed E-state index contributed by atoms with van der Waals surface area (Å²) in [6, 6.07) is 7.08. The van der Waals surface area contributed by atoms with E-state index in [1.54, 1.807) is 0 Å². The number of rotatable bonds is 4. The van der Waals surface area contributed by atoms with Gasteiger partial charge in [-0.1, -0.05) is 12.1 Å². The van der Waals surface area contributed by atoms with Gasteiger partial charge in [0.25, 0.3) is 0 Å². The maximum absolute atomic E-state index is 13.0. The number of amides is 1. The summed E-state index contributed by atoms with van der Waals surface area (Å²) in [4.78, 5) is 16.8. The van der Waals surface area contributed by atoms with Gasteiger partial charge in [0.15, 0.2) is 0 Å². The molecule has 0 spiro atoms. The van der Waals surface area contributed by atoms with E-state index in [0.29, 0.717) is 12.5 Å². The van der Waals surface area contributed by atoms with Crippen molar-refractivity contribution in [2.75, 3.05) is 32.7 Å². The van der Waals surface area contributed by atoms with Gasteiger partial charge < -0.3 is 10.2 Å². The SMILES string of the molecule is Cl.Cl.O=C(CC1CCCN1)N1CCCN(Cc2ccc(F)cc2)CC1. The third-order valence-electron chi connectivity index (χ3n) is 4.84. The number of carbonyl (C=O) groups excluding carboxylic acids is 1. The van der Waals surface area contributed by atoms with Crippen LogP contribution in [0.15, 0.2) is 24.3 Å². The van der Waals surface area contributed by atoms with Crippen LogP contribution >= 0.6 is 24.8 Å². The Hall–Kier alpha value is -0.880. The summed E-state index contributed by atoms with van der Waals surface area (Å²) >= 11 is 0. The first-order valence-corrected chi connectivity index (χ1v) is 8.69. The molecule has 0 bridgehead atoms. The van der Waals surface area contributed by atoms with Crippen LogP contribution in [0.2, 0.25) is 0 Å². The van der Waals surface area contributed by atoms with Crippen LogP contribution in [-0.4, -0.2) is 54.5 Å². The van der Waals surface area contributed by atoms with E-state index in [0.717, 1.165) is 57.7 Å². The molecule has 2 aliphatic heterocycles. The lowest BCUT2D eigenvalue weighted by molar-refractivity contribution is -0.131. The van der Waals surface area contributed by atoms with Crippen molar-refractivity contribution in [3.05, 3.63) is 35.6 Å². The lowest BCUT2D eigenvalue weighted by Crippen LogP contribution is -2.38. The fourth-order valence-electron chi connectivity index (χ4n) is 3.50. The van der Waals surface area contributed by atoms with Crippen LogP contribution in [0.5, 0.6) is 0 Å². The zero-order valence-electron chi connectivity index (χ0n) is 14.5. The number of carbonyl (C=O) groups is 1. The third kappa shape index (κ3) is 6.74. The molecule has 0 saturated carbocycles. The van der Waals surface area contributed by atoms with Crippen LogP contribution in [0.3, 0.4) is 0 Å². The van der Waals surface area contributed by atoms with Crippen molar-refractivity contribution in [1.29, 1.82) is 0 Å². The minimum atomic E-state index is -0.193. The molecule has 2 fully saturated rings. The van der Waals surface area contributed by atoms with Crippen molar-refractivity contribution < 1.29 is 9.18 Å². The second kappa shape index (κ2) is 11.0. The van der Waals surface area contributed by atoms with Gasteiger partial charge in [0, 0.05) is 45.2 Å². The molecule has 7 heteroatoms. The van der Waals surface area contributed by atoms with Gasteiger partial charge in [-0.15, -0.1) is 24.8 Å². The van der Waals surface area contributed by atoms with E-state index in [1.807, 2.05) is 17.0 Å². The Morgan fingerprint density at radius 3 is 2.52 bits per heavy atom. The highest BCUT2D eigenvalue weighted by atomic mass is 35.5. The summed E-state index contributed by atoms with van der Waals surface area (Å²) in [7, 11) is 0. The molecule has 25 heavy (non-hydrogen) atoms. The second-order valence-corrected chi connectivity index (χ2v) is 6.63. The summed E-state index contributed by atoms with van der Waals surface area (Å²) in [6.07, 6.45) is 3.95. The van der Waals surface area contributed by atoms with Crippen LogP contribution in [0.25, 0.3) is 0 Å². The monoisotopic (exact) mass is 391 g/mol. The highest BCUT2D eigenvalue weighted by Crippen LogP contribution is 2.14. The van der Waals surface area contributed by atoms with Crippen LogP contribution < -0.4 is 5.32 Å². The Morgan fingerprint density at radius 1 is 1.08 bits per heavy atom. The normalized spacial score (nSPS) is 21.2. The third-order valence-corrected chi connectivity index (χ3v) is 4.84. The second-order valence-electron chi connectivity index (χ2n) is 6.63. The van der Waals surface area contributed by atoms with E-state index >= 15 is 0 Å². The van der Waals surface area contributed by atoms with Gasteiger partial charge in [0.05, 0.1) is 0 Å². The van der Waals surface area contributed by atoms with Crippen molar-refractivity contribution in [2.24, 2.45) is 0 Å². The van der Waals surface area contributed by atoms with E-state index in [2.05, 4.69) is 10.2 Å². The quantitative estimate of drug-likeness (QED) is 0.856. The molecule has 0 radical (unpaired) electrons. The molecule has 1 aromatic rings. The fourth-order valence-corrected chi connectivity index (χ4v) is 3.50. The number of nitrogens with zero attached hydrogens (tertiary/aromatic N) is 2. The van der Waals surface area contributed by atoms with E-state index in [-0.39, 0.29) is 36.5 Å². The first kappa shape index (κ1) is 22.2. The molecule has 1 N–H and O–H groups in total. The predicted molar refractivity (Wildman–Crippen MR) is 103 cm³/mol. The predicted octanol–water partition coefficient (Wildman–Crippen LogP) is 2.85. The maximum Gasteiger partial charge on any atom is 0.224 e. The van der Waals surface area contributed by atoms with Gasteiger partial charge in [0.1, 0.15) is 5.82 Å². The molecular weight excluding hydrogens is 364 g/mol. The summed E-state index contributed by atoms with van der Waals surface area (Å²) in [6.45, 7) is 5.40. The molecular formula is C18H28Cl2FN3O. The highest BCUT2D eigenvalue weighted by molar-refractivity contribution is 5.85. The van der Waals surface area contributed by atoms with E-state index in [9.17, 15) is 9.18 Å². The molecule has 0 aromatic heterocycles. The Bertz CT molecular complexity index is 524. The standard InChI is InChI=1S/C18H26FN3O.2ClH/c19-16-6-4-15(5-7-16)14-21-9-2-10-22(12-11-21)18(23)13-17-3-1-8-20-17;;/h4-7,17,20H,1-3,8-14H2;2*1H. The molecule has 1 atom stereocenters. The average molecular weight is 392 g/mol. The molecule has 2 heterocycles. The van der Waals surface area contributed by atoms with Gasteiger partial charge in [-0.05, 0) is 43.5 Å². The van der Waals surface area contributed by atoms with E-state index in [4.69, 9.17) is 0 Å². The highest BCUT2D eigenvalue weighted by Gasteiger charge is 2.23. The zero-order chi connectivity index (χ0) is 16.1. The molecule has 2 aliphatic rings. The lowest BCUT2D eigenvalue weighted by Gasteiger charge is -2.23. The minimum absolute atomic E-state index is 0. The van der Waals surface area contributed by atoms with Gasteiger partial charge in [0.2, 0.25) is 5.91 Å². The molecule has 1 unspecified atom stereocenters. The lowest BCUT2D eigenvalue weighted by atomic mass is 10.1. The topological polar surface area (TPSA) is 35.6 Å². The Balaban J connectivity index is 0.00000156. The van der Waals surface area contributed by atoms with Crippen LogP contribution in [0.1, 0.15) is 31.2 Å². The molecule has 3 rings (SSSR count). The maximum atomic E-state index is 13.0. The summed E-state index contributed by atoms with van der Waals surface area (Å²) in [5, 5.41) is 3.40. The van der Waals surface area contributed by atoms with Gasteiger partial charge in [-0.3, -0.25) is 9.69 Å². The van der Waals surface area contributed by atoms with Crippen LogP contribution in [-0.2, 0) is 11.3 Å². The average Bonchev–Trinajstić information content (AvgIpc) is 2.94. The number of benzene rings is 1. The van der Waals surface area contributed by atoms with Crippen molar-refractivity contribution in [3.63, 3.8) is 0 Å². The molecule has 142 valence electrons. The van der Waals surface area contributed by atoms with Crippen molar-refractivity contribution >= 4 is 30.7 Å². The number of nitrogens with one attached hydrogen (secondary N) is 1. The number of hydrogen-bond acceptors (Lipinski definition) is 3. The number of hydrogen-bond donors (Lipinski definition) is 1. The largest absolute Gasteiger partial charge is 0.341 e. The van der Waals surface area contributed by atoms with Crippen LogP contribution in [0.4, 0.5) is 4.39 Å². The van der Waals surface area contributed by atoms with Crippen molar-refractivity contribution in [2.45, 2.75) is 38.3 Å². The molecule has 4 nitrogen and oxygen atoms in total. The van der Waals surface area contributed by atoms with E-state index in [1.165, 1.54) is 18.6 Å². The first-order valence-electron chi connectivity index (χ1n) is 8.69. The Morgan fingerprint density at radius 2 is 1.84 bits per heavy atom. The number of halogens is 3. The Kier molecular flexibility index (Phi) is 9.72. The zero-order valence-corrected chi connectivity index (χ0v) is 16.1. The fraction of sp³-hybridized carbons (Fsp3) is 0.611. The summed E-state index contributed by atoms with van der Waals surface area (Å²) in [5.41, 5.74) is 1.13.